The molecule has 0 aliphatic heterocycles. The lowest BCUT2D eigenvalue weighted by Gasteiger charge is -2.10. The highest BCUT2D eigenvalue weighted by molar-refractivity contribution is 6.42. The molecule has 0 aliphatic carbocycles. The van der Waals surface area contributed by atoms with Gasteiger partial charge in [0.25, 0.3) is 0 Å². The van der Waals surface area contributed by atoms with Crippen LogP contribution in [0.2, 0.25) is 15.1 Å². The molecule has 2 aromatic rings. The van der Waals surface area contributed by atoms with Crippen molar-refractivity contribution in [1.29, 1.82) is 0 Å². The average Bonchev–Trinajstić information content (AvgIpc) is 2.40. The molecule has 3 nitrogen and oxygen atoms in total. The van der Waals surface area contributed by atoms with Crippen molar-refractivity contribution in [2.45, 2.75) is 6.54 Å². The van der Waals surface area contributed by atoms with Crippen molar-refractivity contribution < 1.29 is 4.79 Å². The van der Waals surface area contributed by atoms with E-state index in [2.05, 4.69) is 5.32 Å². The van der Waals surface area contributed by atoms with Gasteiger partial charge in [-0.1, -0.05) is 46.9 Å². The van der Waals surface area contributed by atoms with E-state index < -0.39 is 5.91 Å². The fourth-order valence-corrected chi connectivity index (χ4v) is 2.37. The minimum Gasteiger partial charge on any atom is -0.381 e. The monoisotopic (exact) mass is 328 g/mol. The van der Waals surface area contributed by atoms with E-state index in [9.17, 15) is 4.79 Å². The molecule has 6 heteroatoms. The van der Waals surface area contributed by atoms with Gasteiger partial charge in [-0.25, -0.2) is 0 Å². The highest BCUT2D eigenvalue weighted by atomic mass is 35.5. The average molecular weight is 330 g/mol. The molecule has 1 amide bonds. The molecule has 0 spiro atoms. The Kier molecular flexibility index (Phi) is 4.76. The summed E-state index contributed by atoms with van der Waals surface area (Å²) >= 11 is 18.0. The molecule has 0 fully saturated rings. The van der Waals surface area contributed by atoms with Gasteiger partial charge in [-0.2, -0.15) is 0 Å². The molecule has 0 atom stereocenters. The van der Waals surface area contributed by atoms with Crippen molar-refractivity contribution in [3.63, 3.8) is 0 Å². The number of hydrogen-bond donors (Lipinski definition) is 2. The van der Waals surface area contributed by atoms with Gasteiger partial charge in [0.15, 0.2) is 0 Å². The number of primary amides is 1. The molecular formula is C14H11Cl3N2O. The third-order valence-electron chi connectivity index (χ3n) is 2.75. The van der Waals surface area contributed by atoms with Crippen LogP contribution in [-0.4, -0.2) is 5.91 Å². The SMILES string of the molecule is NC(=O)c1ccc(NCc2cccc(Cl)c2Cl)cc1Cl. The first kappa shape index (κ1) is 15.0. The summed E-state index contributed by atoms with van der Waals surface area (Å²) in [5.41, 5.74) is 7.11. The smallest absolute Gasteiger partial charge is 0.250 e. The van der Waals surface area contributed by atoms with Crippen LogP contribution in [-0.2, 0) is 6.54 Å². The number of amides is 1. The van der Waals surface area contributed by atoms with Crippen LogP contribution in [0.25, 0.3) is 0 Å². The summed E-state index contributed by atoms with van der Waals surface area (Å²) in [6.07, 6.45) is 0. The van der Waals surface area contributed by atoms with Crippen LogP contribution in [0.15, 0.2) is 36.4 Å². The molecule has 0 radical (unpaired) electrons. The lowest BCUT2D eigenvalue weighted by atomic mass is 10.2. The Hall–Kier alpha value is -1.42. The third-order valence-corrected chi connectivity index (χ3v) is 3.92. The van der Waals surface area contributed by atoms with Crippen molar-refractivity contribution in [2.75, 3.05) is 5.32 Å². The zero-order chi connectivity index (χ0) is 14.7. The molecule has 0 aliphatic rings. The molecule has 0 aromatic heterocycles. The minimum absolute atomic E-state index is 0.290. The zero-order valence-corrected chi connectivity index (χ0v) is 12.6. The van der Waals surface area contributed by atoms with E-state index in [-0.39, 0.29) is 5.56 Å². The van der Waals surface area contributed by atoms with Crippen LogP contribution in [0.3, 0.4) is 0 Å². The molecule has 3 N–H and O–H groups in total. The first-order valence-corrected chi connectivity index (χ1v) is 6.88. The van der Waals surface area contributed by atoms with Crippen LogP contribution < -0.4 is 11.1 Å². The Labute approximate surface area is 131 Å². The van der Waals surface area contributed by atoms with Gasteiger partial charge in [-0.15, -0.1) is 0 Å². The molecule has 0 heterocycles. The first-order valence-electron chi connectivity index (χ1n) is 5.75. The molecule has 0 unspecified atom stereocenters. The number of hydrogen-bond acceptors (Lipinski definition) is 2. The van der Waals surface area contributed by atoms with Gasteiger partial charge >= 0.3 is 0 Å². The molecular weight excluding hydrogens is 319 g/mol. The van der Waals surface area contributed by atoms with Gasteiger partial charge < -0.3 is 11.1 Å². The number of rotatable bonds is 4. The number of nitrogens with two attached hydrogens (primary N) is 1. The van der Waals surface area contributed by atoms with Crippen molar-refractivity contribution in [2.24, 2.45) is 5.73 Å². The predicted molar refractivity (Wildman–Crippen MR) is 83.8 cm³/mol. The van der Waals surface area contributed by atoms with Gasteiger partial charge in [0.1, 0.15) is 0 Å². The Morgan fingerprint density at radius 3 is 2.50 bits per heavy atom. The van der Waals surface area contributed by atoms with Crippen LogP contribution >= 0.6 is 34.8 Å². The molecule has 2 aromatic carbocycles. The number of anilines is 1. The molecule has 104 valence electrons. The number of carbonyl (C=O) groups excluding carboxylic acids is 1. The summed E-state index contributed by atoms with van der Waals surface area (Å²) in [7, 11) is 0. The molecule has 2 rings (SSSR count). The van der Waals surface area contributed by atoms with E-state index in [1.807, 2.05) is 12.1 Å². The zero-order valence-electron chi connectivity index (χ0n) is 10.3. The normalized spacial score (nSPS) is 10.3. The van der Waals surface area contributed by atoms with E-state index in [0.717, 1.165) is 11.3 Å². The summed E-state index contributed by atoms with van der Waals surface area (Å²) in [4.78, 5) is 11.1. The maximum Gasteiger partial charge on any atom is 0.250 e. The Balaban J connectivity index is 2.13. The second kappa shape index (κ2) is 6.35. The second-order valence-corrected chi connectivity index (χ2v) is 5.32. The Morgan fingerprint density at radius 2 is 1.85 bits per heavy atom. The maximum absolute atomic E-state index is 11.1. The highest BCUT2D eigenvalue weighted by Gasteiger charge is 2.08. The fraction of sp³-hybridized carbons (Fsp3) is 0.0714. The van der Waals surface area contributed by atoms with Crippen molar-refractivity contribution in [1.82, 2.24) is 0 Å². The number of halogens is 3. The van der Waals surface area contributed by atoms with Gasteiger partial charge in [-0.05, 0) is 29.8 Å². The standard InChI is InChI=1S/C14H11Cl3N2O/c15-11-3-1-2-8(13(11)17)7-19-9-4-5-10(14(18)20)12(16)6-9/h1-6,19H,7H2,(H2,18,20). The predicted octanol–water partition coefficient (Wildman–Crippen LogP) is 4.36. The van der Waals surface area contributed by atoms with E-state index in [1.54, 1.807) is 24.3 Å². The van der Waals surface area contributed by atoms with Gasteiger partial charge in [0.2, 0.25) is 5.91 Å². The lowest BCUT2D eigenvalue weighted by molar-refractivity contribution is 0.100. The molecule has 0 bridgehead atoms. The lowest BCUT2D eigenvalue weighted by Crippen LogP contribution is -2.11. The third kappa shape index (κ3) is 3.37. The minimum atomic E-state index is -0.556. The molecule has 0 saturated heterocycles. The van der Waals surface area contributed by atoms with Gasteiger partial charge in [-0.3, -0.25) is 4.79 Å². The fourth-order valence-electron chi connectivity index (χ4n) is 1.71. The van der Waals surface area contributed by atoms with Gasteiger partial charge in [0.05, 0.1) is 20.6 Å². The van der Waals surface area contributed by atoms with Crippen LogP contribution in [0.4, 0.5) is 5.69 Å². The largest absolute Gasteiger partial charge is 0.381 e. The summed E-state index contributed by atoms with van der Waals surface area (Å²) < 4.78 is 0. The van der Waals surface area contributed by atoms with E-state index in [1.165, 1.54) is 0 Å². The Bertz CT molecular complexity index is 659. The first-order chi connectivity index (χ1) is 9.49. The summed E-state index contributed by atoms with van der Waals surface area (Å²) in [5.74, 6) is -0.556. The maximum atomic E-state index is 11.1. The van der Waals surface area contributed by atoms with Crippen LogP contribution in [0, 0.1) is 0 Å². The number of benzene rings is 2. The highest BCUT2D eigenvalue weighted by Crippen LogP contribution is 2.27. The van der Waals surface area contributed by atoms with Crippen molar-refractivity contribution >= 4 is 46.4 Å². The summed E-state index contributed by atoms with van der Waals surface area (Å²) in [6.45, 7) is 0.492. The Morgan fingerprint density at radius 1 is 1.10 bits per heavy atom. The molecule has 20 heavy (non-hydrogen) atoms. The van der Waals surface area contributed by atoms with Crippen LogP contribution in [0.5, 0.6) is 0 Å². The quantitative estimate of drug-likeness (QED) is 0.875. The summed E-state index contributed by atoms with van der Waals surface area (Å²) in [5, 5.41) is 4.48. The van der Waals surface area contributed by atoms with E-state index in [0.29, 0.717) is 21.6 Å². The number of carbonyl (C=O) groups is 1. The summed E-state index contributed by atoms with van der Waals surface area (Å²) in [6, 6.07) is 10.4. The number of nitrogens with one attached hydrogen (secondary N) is 1. The van der Waals surface area contributed by atoms with Gasteiger partial charge in [0, 0.05) is 12.2 Å². The topological polar surface area (TPSA) is 55.1 Å². The molecule has 0 saturated carbocycles. The van der Waals surface area contributed by atoms with Crippen molar-refractivity contribution in [3.8, 4) is 0 Å². The van der Waals surface area contributed by atoms with Crippen LogP contribution in [0.1, 0.15) is 15.9 Å². The van der Waals surface area contributed by atoms with E-state index >= 15 is 0 Å². The van der Waals surface area contributed by atoms with Crippen molar-refractivity contribution in [3.05, 3.63) is 62.6 Å². The van der Waals surface area contributed by atoms with E-state index in [4.69, 9.17) is 40.5 Å². The second-order valence-electron chi connectivity index (χ2n) is 4.13.